The number of carbonyl (C=O) groups excluding carboxylic acids is 3. The number of amides is 3. The van der Waals surface area contributed by atoms with Crippen molar-refractivity contribution in [3.8, 4) is 0 Å². The largest absolute Gasteiger partial charge is 0.450 e. The predicted molar refractivity (Wildman–Crippen MR) is 159 cm³/mol. The molecule has 1 N–H and O–H groups in total. The van der Waals surface area contributed by atoms with Crippen LogP contribution in [0.1, 0.15) is 84.0 Å². The molecule has 2 heterocycles. The van der Waals surface area contributed by atoms with E-state index in [2.05, 4.69) is 5.32 Å². The second-order valence-corrected chi connectivity index (χ2v) is 13.5. The Morgan fingerprint density at radius 2 is 1.71 bits per heavy atom. The third-order valence-corrected chi connectivity index (χ3v) is 11.0. The number of thiophene rings is 1. The van der Waals surface area contributed by atoms with Crippen LogP contribution in [0.5, 0.6) is 0 Å². The molecule has 0 bridgehead atoms. The first kappa shape index (κ1) is 31.0. The number of fused-ring (bicyclic) bond motifs is 1. The van der Waals surface area contributed by atoms with Gasteiger partial charge in [-0.2, -0.15) is 4.31 Å². The molecule has 0 unspecified atom stereocenters. The van der Waals surface area contributed by atoms with Crippen molar-refractivity contribution in [2.75, 3.05) is 38.6 Å². The van der Waals surface area contributed by atoms with Gasteiger partial charge in [-0.15, -0.1) is 11.3 Å². The Labute approximate surface area is 246 Å². The van der Waals surface area contributed by atoms with Crippen LogP contribution in [0.25, 0.3) is 0 Å². The number of hydrogen-bond acceptors (Lipinski definition) is 7. The minimum absolute atomic E-state index is 0.0110. The Kier molecular flexibility index (Phi) is 10.1. The van der Waals surface area contributed by atoms with Gasteiger partial charge in [-0.3, -0.25) is 9.59 Å². The number of hydrogen-bond donors (Lipinski definition) is 1. The maximum absolute atomic E-state index is 13.6. The Morgan fingerprint density at radius 1 is 1.05 bits per heavy atom. The van der Waals surface area contributed by atoms with Crippen LogP contribution >= 0.6 is 11.3 Å². The van der Waals surface area contributed by atoms with Gasteiger partial charge in [-0.05, 0) is 69.9 Å². The first-order chi connectivity index (χ1) is 19.6. The lowest BCUT2D eigenvalue weighted by molar-refractivity contribution is 0.0772. The van der Waals surface area contributed by atoms with E-state index in [0.717, 1.165) is 42.5 Å². The molecule has 1 aromatic heterocycles. The minimum Gasteiger partial charge on any atom is -0.450 e. The molecule has 1 fully saturated rings. The summed E-state index contributed by atoms with van der Waals surface area (Å²) in [5.41, 5.74) is 1.58. The third-order valence-electron chi connectivity index (χ3n) is 7.96. The number of rotatable bonds is 9. The van der Waals surface area contributed by atoms with Crippen LogP contribution in [0, 0.1) is 0 Å². The van der Waals surface area contributed by atoms with Crippen molar-refractivity contribution in [1.29, 1.82) is 0 Å². The lowest BCUT2D eigenvalue weighted by atomic mass is 9.96. The molecule has 12 heteroatoms. The topological polar surface area (TPSA) is 116 Å². The monoisotopic (exact) mass is 604 g/mol. The fraction of sp³-hybridized carbons (Fsp3) is 0.552. The van der Waals surface area contributed by atoms with E-state index < -0.39 is 22.0 Å². The highest BCUT2D eigenvalue weighted by molar-refractivity contribution is 7.89. The van der Waals surface area contributed by atoms with Crippen LogP contribution in [0.2, 0.25) is 0 Å². The summed E-state index contributed by atoms with van der Waals surface area (Å²) in [6.07, 6.45) is 4.96. The SMILES string of the molecule is CCOC(=O)N1CCc2c(sc(NC(=O)c3ccc(S(=O)(=O)N(C)C4CCCCC4)cc3)c2C(=O)N(CC)CC)C1. The molecule has 4 rings (SSSR count). The average Bonchev–Trinajstić information content (AvgIpc) is 3.34. The van der Waals surface area contributed by atoms with Gasteiger partial charge in [-0.1, -0.05) is 19.3 Å². The Bertz CT molecular complexity index is 1360. The fourth-order valence-corrected chi connectivity index (χ4v) is 8.18. The van der Waals surface area contributed by atoms with Gasteiger partial charge in [0.2, 0.25) is 10.0 Å². The number of nitrogens with one attached hydrogen (secondary N) is 1. The van der Waals surface area contributed by atoms with E-state index in [9.17, 15) is 22.8 Å². The van der Waals surface area contributed by atoms with Crippen LogP contribution in [-0.4, -0.2) is 79.8 Å². The number of nitrogens with zero attached hydrogens (tertiary/aromatic N) is 3. The van der Waals surface area contributed by atoms with Gasteiger partial charge in [0.15, 0.2) is 0 Å². The molecule has 0 saturated heterocycles. The molecule has 41 heavy (non-hydrogen) atoms. The van der Waals surface area contributed by atoms with Gasteiger partial charge in [0.05, 0.1) is 23.6 Å². The lowest BCUT2D eigenvalue weighted by Crippen LogP contribution is -2.38. The number of anilines is 1. The van der Waals surface area contributed by atoms with E-state index in [1.54, 1.807) is 23.8 Å². The number of benzene rings is 1. The molecule has 1 saturated carbocycles. The molecule has 2 aliphatic rings. The van der Waals surface area contributed by atoms with E-state index in [1.807, 2.05) is 13.8 Å². The summed E-state index contributed by atoms with van der Waals surface area (Å²) in [4.78, 5) is 43.5. The fourth-order valence-electron chi connectivity index (χ4n) is 5.52. The second kappa shape index (κ2) is 13.3. The molecular formula is C29H40N4O6S2. The molecule has 0 radical (unpaired) electrons. The zero-order valence-corrected chi connectivity index (χ0v) is 25.9. The van der Waals surface area contributed by atoms with Crippen molar-refractivity contribution in [2.24, 2.45) is 0 Å². The summed E-state index contributed by atoms with van der Waals surface area (Å²) in [6.45, 7) is 7.60. The van der Waals surface area contributed by atoms with E-state index in [-0.39, 0.29) is 29.0 Å². The number of carbonyl (C=O) groups is 3. The van der Waals surface area contributed by atoms with E-state index >= 15 is 0 Å². The van der Waals surface area contributed by atoms with Gasteiger partial charge in [0.1, 0.15) is 5.00 Å². The summed E-state index contributed by atoms with van der Waals surface area (Å²) in [6, 6.07) is 5.91. The van der Waals surface area contributed by atoms with Crippen molar-refractivity contribution in [1.82, 2.24) is 14.1 Å². The maximum atomic E-state index is 13.6. The zero-order valence-electron chi connectivity index (χ0n) is 24.3. The molecule has 1 aromatic carbocycles. The van der Waals surface area contributed by atoms with Gasteiger partial charge < -0.3 is 19.9 Å². The maximum Gasteiger partial charge on any atom is 0.410 e. The highest BCUT2D eigenvalue weighted by Gasteiger charge is 2.33. The Morgan fingerprint density at radius 3 is 2.32 bits per heavy atom. The summed E-state index contributed by atoms with van der Waals surface area (Å²) in [7, 11) is -2.05. The highest BCUT2D eigenvalue weighted by Crippen LogP contribution is 2.38. The van der Waals surface area contributed by atoms with Crippen LogP contribution < -0.4 is 5.32 Å². The van der Waals surface area contributed by atoms with Crippen molar-refractivity contribution in [3.05, 3.63) is 45.8 Å². The highest BCUT2D eigenvalue weighted by atomic mass is 32.2. The quantitative estimate of drug-likeness (QED) is 0.433. The number of sulfonamides is 1. The zero-order chi connectivity index (χ0) is 29.7. The first-order valence-corrected chi connectivity index (χ1v) is 16.6. The molecule has 1 aliphatic heterocycles. The van der Waals surface area contributed by atoms with Gasteiger partial charge >= 0.3 is 6.09 Å². The lowest BCUT2D eigenvalue weighted by Gasteiger charge is -2.30. The first-order valence-electron chi connectivity index (χ1n) is 14.4. The summed E-state index contributed by atoms with van der Waals surface area (Å²) < 4.78 is 33.1. The van der Waals surface area contributed by atoms with Gasteiger partial charge in [0.25, 0.3) is 11.8 Å². The van der Waals surface area contributed by atoms with Crippen molar-refractivity contribution >= 4 is 44.3 Å². The van der Waals surface area contributed by atoms with Crippen molar-refractivity contribution in [2.45, 2.75) is 76.8 Å². The summed E-state index contributed by atoms with van der Waals surface area (Å²) in [5.74, 6) is -0.608. The molecule has 0 spiro atoms. The molecule has 224 valence electrons. The normalized spacial score (nSPS) is 15.9. The van der Waals surface area contributed by atoms with Crippen molar-refractivity contribution < 1.29 is 27.5 Å². The van der Waals surface area contributed by atoms with Crippen LogP contribution in [0.4, 0.5) is 9.80 Å². The summed E-state index contributed by atoms with van der Waals surface area (Å²) >= 11 is 1.29. The molecular weight excluding hydrogens is 564 g/mol. The Balaban J connectivity index is 1.57. The van der Waals surface area contributed by atoms with Crippen LogP contribution in [0.3, 0.4) is 0 Å². The smallest absolute Gasteiger partial charge is 0.410 e. The van der Waals surface area contributed by atoms with E-state index in [4.69, 9.17) is 4.74 Å². The molecule has 1 aliphatic carbocycles. The van der Waals surface area contributed by atoms with Gasteiger partial charge in [0, 0.05) is 43.2 Å². The van der Waals surface area contributed by atoms with E-state index in [1.165, 1.54) is 39.9 Å². The average molecular weight is 605 g/mol. The number of ether oxygens (including phenoxy) is 1. The molecule has 2 aromatic rings. The van der Waals surface area contributed by atoms with E-state index in [0.29, 0.717) is 43.2 Å². The molecule has 3 amide bonds. The Hall–Kier alpha value is -2.96. The standard InChI is InChI=1S/C29H40N4O6S2/c1-5-32(6-2)28(35)25-23-17-18-33(29(36)39-7-3)19-24(23)40-27(25)30-26(34)20-13-15-22(16-14-20)41(37,38)31(4)21-11-9-8-10-12-21/h13-16,21H,5-12,17-19H2,1-4H3,(H,30,34). The van der Waals surface area contributed by atoms with Gasteiger partial charge in [-0.25, -0.2) is 13.2 Å². The molecule has 10 nitrogen and oxygen atoms in total. The van der Waals surface area contributed by atoms with Crippen molar-refractivity contribution in [3.63, 3.8) is 0 Å². The third kappa shape index (κ3) is 6.60. The molecule has 0 atom stereocenters. The predicted octanol–water partition coefficient (Wildman–Crippen LogP) is 4.95. The minimum atomic E-state index is -3.68. The summed E-state index contributed by atoms with van der Waals surface area (Å²) in [5, 5.41) is 3.33. The van der Waals surface area contributed by atoms with Crippen LogP contribution in [-0.2, 0) is 27.7 Å². The second-order valence-electron chi connectivity index (χ2n) is 10.3. The van der Waals surface area contributed by atoms with Crippen LogP contribution in [0.15, 0.2) is 29.2 Å².